The van der Waals surface area contributed by atoms with Gasteiger partial charge in [0.1, 0.15) is 23.7 Å². The minimum atomic E-state index is -0.755. The number of rotatable bonds is 5. The molecule has 0 radical (unpaired) electrons. The molecule has 7 nitrogen and oxygen atoms in total. The van der Waals surface area contributed by atoms with Crippen LogP contribution in [0.25, 0.3) is 0 Å². The number of nitrogens with zero attached hydrogens (tertiary/aromatic N) is 2. The predicted octanol–water partition coefficient (Wildman–Crippen LogP) is 2.63. The number of carbonyl (C=O) groups is 1. The molecule has 4 rings (SSSR count). The second kappa shape index (κ2) is 6.90. The minimum absolute atomic E-state index is 0.0292. The van der Waals surface area contributed by atoms with Gasteiger partial charge in [0.05, 0.1) is 36.6 Å². The fourth-order valence-corrected chi connectivity index (χ4v) is 3.95. The summed E-state index contributed by atoms with van der Waals surface area (Å²) in [7, 11) is 0. The number of hydrogen-bond donors (Lipinski definition) is 1. The van der Waals surface area contributed by atoms with Crippen molar-refractivity contribution < 1.29 is 23.9 Å². The average Bonchev–Trinajstić information content (AvgIpc) is 3.19. The van der Waals surface area contributed by atoms with Crippen LogP contribution in [-0.4, -0.2) is 52.0 Å². The van der Waals surface area contributed by atoms with E-state index in [4.69, 9.17) is 14.0 Å². The first-order chi connectivity index (χ1) is 13.3. The lowest BCUT2D eigenvalue weighted by Gasteiger charge is -2.47. The van der Waals surface area contributed by atoms with Gasteiger partial charge < -0.3 is 24.0 Å². The van der Waals surface area contributed by atoms with E-state index < -0.39 is 5.60 Å². The average molecular weight is 386 g/mol. The third-order valence-electron chi connectivity index (χ3n) is 5.87. The lowest BCUT2D eigenvalue weighted by Crippen LogP contribution is -2.63. The minimum Gasteiger partial charge on any atom is -0.489 e. The molecule has 3 heterocycles. The van der Waals surface area contributed by atoms with E-state index in [1.165, 1.54) is 0 Å². The van der Waals surface area contributed by atoms with Crippen LogP contribution in [0.2, 0.25) is 0 Å². The van der Waals surface area contributed by atoms with Gasteiger partial charge in [0.15, 0.2) is 0 Å². The molecule has 1 aromatic carbocycles. The fraction of sp³-hybridized carbons (Fsp3) is 0.524. The van der Waals surface area contributed by atoms with Crippen LogP contribution >= 0.6 is 0 Å². The van der Waals surface area contributed by atoms with E-state index in [9.17, 15) is 9.90 Å². The molecule has 28 heavy (non-hydrogen) atoms. The summed E-state index contributed by atoms with van der Waals surface area (Å²) in [5, 5.41) is 14.3. The molecule has 2 aliphatic rings. The molecule has 2 saturated heterocycles. The smallest absolute Gasteiger partial charge is 0.254 e. The molecule has 7 heteroatoms. The van der Waals surface area contributed by atoms with Gasteiger partial charge in [-0.3, -0.25) is 4.79 Å². The molecule has 1 N–H and O–H groups in total. The van der Waals surface area contributed by atoms with E-state index >= 15 is 0 Å². The van der Waals surface area contributed by atoms with Crippen molar-refractivity contribution >= 4 is 5.91 Å². The summed E-state index contributed by atoms with van der Waals surface area (Å²) in [6.45, 7) is 7.47. The third kappa shape index (κ3) is 3.40. The summed E-state index contributed by atoms with van der Waals surface area (Å²) in [6, 6.07) is 7.13. The van der Waals surface area contributed by atoms with E-state index in [-0.39, 0.29) is 11.5 Å². The summed E-state index contributed by atoms with van der Waals surface area (Å²) in [5.74, 6) is 1.40. The lowest BCUT2D eigenvalue weighted by atomic mass is 9.83. The maximum absolute atomic E-state index is 12.7. The van der Waals surface area contributed by atoms with Crippen molar-refractivity contribution in [3.63, 3.8) is 0 Å². The highest BCUT2D eigenvalue weighted by molar-refractivity contribution is 5.95. The van der Waals surface area contributed by atoms with Crippen LogP contribution in [0.3, 0.4) is 0 Å². The van der Waals surface area contributed by atoms with Gasteiger partial charge in [-0.25, -0.2) is 0 Å². The molecule has 1 atom stereocenters. The van der Waals surface area contributed by atoms with Crippen molar-refractivity contribution in [3.8, 4) is 5.75 Å². The molecular formula is C21H26N2O5. The van der Waals surface area contributed by atoms with E-state index in [1.807, 2.05) is 20.8 Å². The van der Waals surface area contributed by atoms with Crippen LogP contribution in [0.1, 0.15) is 47.1 Å². The normalized spacial score (nSPS) is 23.1. The van der Waals surface area contributed by atoms with Crippen molar-refractivity contribution in [3.05, 3.63) is 46.8 Å². The van der Waals surface area contributed by atoms with E-state index in [0.717, 1.165) is 17.0 Å². The molecule has 1 aromatic heterocycles. The number of hydrogen-bond acceptors (Lipinski definition) is 6. The second-order valence-corrected chi connectivity index (χ2v) is 8.00. The van der Waals surface area contributed by atoms with Gasteiger partial charge in [-0.2, -0.15) is 0 Å². The zero-order valence-electron chi connectivity index (χ0n) is 16.5. The summed E-state index contributed by atoms with van der Waals surface area (Å²) >= 11 is 0. The van der Waals surface area contributed by atoms with Gasteiger partial charge in [0, 0.05) is 12.0 Å². The number of aliphatic hydroxyl groups is 1. The maximum atomic E-state index is 12.7. The van der Waals surface area contributed by atoms with Crippen molar-refractivity contribution in [1.82, 2.24) is 10.1 Å². The highest BCUT2D eigenvalue weighted by Crippen LogP contribution is 2.41. The molecule has 1 unspecified atom stereocenters. The van der Waals surface area contributed by atoms with Crippen LogP contribution in [0.5, 0.6) is 5.75 Å². The molecule has 1 amide bonds. The van der Waals surface area contributed by atoms with Crippen LogP contribution in [0, 0.1) is 13.8 Å². The standard InChI is InChI=1S/C21H26N2O5/c1-4-20(25)10-21(27-13-20)11-23(12-21)19(24)16-5-7-17(8-6-16)26-9-18-14(2)22-28-15(18)3/h5-8,25H,4,9-13H2,1-3H3. The Bertz CT molecular complexity index is 850. The van der Waals surface area contributed by atoms with Gasteiger partial charge in [0.2, 0.25) is 0 Å². The van der Waals surface area contributed by atoms with Crippen molar-refractivity contribution in [2.75, 3.05) is 19.7 Å². The molecule has 2 aromatic rings. The summed E-state index contributed by atoms with van der Waals surface area (Å²) in [6.07, 6.45) is 1.26. The van der Waals surface area contributed by atoms with Crippen molar-refractivity contribution in [1.29, 1.82) is 0 Å². The van der Waals surface area contributed by atoms with Crippen LogP contribution in [-0.2, 0) is 11.3 Å². The monoisotopic (exact) mass is 386 g/mol. The van der Waals surface area contributed by atoms with Gasteiger partial charge in [-0.05, 0) is 44.5 Å². The molecule has 0 bridgehead atoms. The summed E-state index contributed by atoms with van der Waals surface area (Å²) < 4.78 is 16.7. The topological polar surface area (TPSA) is 85.0 Å². The predicted molar refractivity (Wildman–Crippen MR) is 101 cm³/mol. The molecule has 2 aliphatic heterocycles. The Hall–Kier alpha value is -2.38. The van der Waals surface area contributed by atoms with Crippen LogP contribution < -0.4 is 4.74 Å². The summed E-state index contributed by atoms with van der Waals surface area (Å²) in [5.41, 5.74) is 1.24. The number of aryl methyl sites for hydroxylation is 2. The van der Waals surface area contributed by atoms with Crippen molar-refractivity contribution in [2.45, 2.75) is 51.4 Å². The zero-order valence-corrected chi connectivity index (χ0v) is 16.5. The maximum Gasteiger partial charge on any atom is 0.254 e. The zero-order chi connectivity index (χ0) is 19.9. The largest absolute Gasteiger partial charge is 0.489 e. The SMILES string of the molecule is CCC1(O)COC2(CN(C(=O)c3ccc(OCc4c(C)noc4C)cc3)C2)C1. The highest BCUT2D eigenvalue weighted by atomic mass is 16.5. The van der Waals surface area contributed by atoms with Crippen molar-refractivity contribution in [2.24, 2.45) is 0 Å². The van der Waals surface area contributed by atoms with Gasteiger partial charge in [0.25, 0.3) is 5.91 Å². The Kier molecular flexibility index (Phi) is 4.67. The first-order valence-corrected chi connectivity index (χ1v) is 9.63. The van der Waals surface area contributed by atoms with Gasteiger partial charge >= 0.3 is 0 Å². The number of ether oxygens (including phenoxy) is 2. The van der Waals surface area contributed by atoms with Gasteiger partial charge in [-0.15, -0.1) is 0 Å². The first-order valence-electron chi connectivity index (χ1n) is 9.63. The first kappa shape index (κ1) is 19.0. The van der Waals surface area contributed by atoms with E-state index in [1.54, 1.807) is 29.2 Å². The number of benzene rings is 1. The number of carbonyl (C=O) groups excluding carboxylic acids is 1. The van der Waals surface area contributed by atoms with E-state index in [2.05, 4.69) is 5.16 Å². The molecule has 0 aliphatic carbocycles. The van der Waals surface area contributed by atoms with Crippen LogP contribution in [0.15, 0.2) is 28.8 Å². The van der Waals surface area contributed by atoms with Gasteiger partial charge in [-0.1, -0.05) is 12.1 Å². The Morgan fingerprint density at radius 3 is 2.57 bits per heavy atom. The second-order valence-electron chi connectivity index (χ2n) is 8.00. The molecule has 1 spiro atoms. The molecule has 2 fully saturated rings. The Morgan fingerprint density at radius 2 is 2.00 bits per heavy atom. The Labute approximate surface area is 164 Å². The number of aromatic nitrogens is 1. The van der Waals surface area contributed by atoms with Crippen LogP contribution in [0.4, 0.5) is 0 Å². The third-order valence-corrected chi connectivity index (χ3v) is 5.87. The quantitative estimate of drug-likeness (QED) is 0.850. The lowest BCUT2D eigenvalue weighted by molar-refractivity contribution is -0.0955. The molecular weight excluding hydrogens is 360 g/mol. The Balaban J connectivity index is 1.33. The van der Waals surface area contributed by atoms with E-state index in [0.29, 0.717) is 50.5 Å². The molecule has 150 valence electrons. The Morgan fingerprint density at radius 1 is 1.29 bits per heavy atom. The number of likely N-dealkylation sites (tertiary alicyclic amines) is 1. The molecule has 0 saturated carbocycles. The highest BCUT2D eigenvalue weighted by Gasteiger charge is 2.55. The summed E-state index contributed by atoms with van der Waals surface area (Å²) in [4.78, 5) is 14.5. The fourth-order valence-electron chi connectivity index (χ4n) is 3.95. The number of amides is 1.